The monoisotopic (exact) mass is 346 g/mol. The molecule has 0 amide bonds. The van der Waals surface area contributed by atoms with Crippen molar-refractivity contribution in [2.45, 2.75) is 18.4 Å². The van der Waals surface area contributed by atoms with Crippen molar-refractivity contribution < 1.29 is 0 Å². The van der Waals surface area contributed by atoms with E-state index in [0.29, 0.717) is 5.92 Å². The first-order valence-corrected chi connectivity index (χ1v) is 9.20. The van der Waals surface area contributed by atoms with Crippen LogP contribution in [0.3, 0.4) is 0 Å². The van der Waals surface area contributed by atoms with E-state index in [4.69, 9.17) is 10.7 Å². The lowest BCUT2D eigenvalue weighted by molar-refractivity contribution is 0.507. The Hall–Kier alpha value is -2.73. The SMILES string of the molecule is N[C@@H]1CCN(c2nccnc2C2CN(c3ccc4ccccc4n3)C2)C1. The van der Waals surface area contributed by atoms with Crippen molar-refractivity contribution in [2.75, 3.05) is 36.0 Å². The second-order valence-electron chi connectivity index (χ2n) is 7.22. The summed E-state index contributed by atoms with van der Waals surface area (Å²) in [5, 5.41) is 1.18. The molecule has 0 radical (unpaired) electrons. The smallest absolute Gasteiger partial charge is 0.150 e. The lowest BCUT2D eigenvalue weighted by atomic mass is 9.95. The summed E-state index contributed by atoms with van der Waals surface area (Å²) >= 11 is 0. The first-order chi connectivity index (χ1) is 12.8. The van der Waals surface area contributed by atoms with Crippen molar-refractivity contribution in [3.8, 4) is 0 Å². The molecule has 3 aromatic rings. The molecule has 6 nitrogen and oxygen atoms in total. The minimum absolute atomic E-state index is 0.240. The Morgan fingerprint density at radius 2 is 1.77 bits per heavy atom. The zero-order chi connectivity index (χ0) is 17.5. The molecule has 4 heterocycles. The summed E-state index contributed by atoms with van der Waals surface area (Å²) in [5.74, 6) is 2.44. The summed E-state index contributed by atoms with van der Waals surface area (Å²) in [6, 6.07) is 12.7. The number of pyridine rings is 1. The third-order valence-corrected chi connectivity index (χ3v) is 5.41. The van der Waals surface area contributed by atoms with Crippen molar-refractivity contribution >= 4 is 22.5 Å². The lowest BCUT2D eigenvalue weighted by Gasteiger charge is -2.40. The van der Waals surface area contributed by atoms with Gasteiger partial charge in [0.1, 0.15) is 5.82 Å². The average Bonchev–Trinajstić information content (AvgIpc) is 3.07. The van der Waals surface area contributed by atoms with Crippen LogP contribution in [0.2, 0.25) is 0 Å². The number of benzene rings is 1. The Balaban J connectivity index is 1.35. The Morgan fingerprint density at radius 3 is 2.62 bits per heavy atom. The highest BCUT2D eigenvalue weighted by Gasteiger charge is 2.34. The molecular formula is C20H22N6. The number of aromatic nitrogens is 3. The zero-order valence-electron chi connectivity index (χ0n) is 14.6. The van der Waals surface area contributed by atoms with Crippen LogP contribution < -0.4 is 15.5 Å². The summed E-state index contributed by atoms with van der Waals surface area (Å²) < 4.78 is 0. The van der Waals surface area contributed by atoms with Gasteiger partial charge in [-0.2, -0.15) is 0 Å². The second-order valence-corrected chi connectivity index (χ2v) is 7.22. The van der Waals surface area contributed by atoms with Gasteiger partial charge in [-0.25, -0.2) is 9.97 Å². The Morgan fingerprint density at radius 1 is 0.923 bits per heavy atom. The van der Waals surface area contributed by atoms with Crippen LogP contribution in [-0.4, -0.2) is 47.2 Å². The number of rotatable bonds is 3. The second kappa shape index (κ2) is 6.21. The molecule has 2 fully saturated rings. The van der Waals surface area contributed by atoms with Crippen molar-refractivity contribution in [1.29, 1.82) is 0 Å². The molecule has 26 heavy (non-hydrogen) atoms. The van der Waals surface area contributed by atoms with E-state index in [1.165, 1.54) is 5.39 Å². The molecule has 0 unspecified atom stereocenters. The van der Waals surface area contributed by atoms with E-state index in [0.717, 1.165) is 55.4 Å². The van der Waals surface area contributed by atoms with Gasteiger partial charge >= 0.3 is 0 Å². The van der Waals surface area contributed by atoms with Crippen LogP contribution in [0.25, 0.3) is 10.9 Å². The maximum atomic E-state index is 6.07. The van der Waals surface area contributed by atoms with Gasteiger partial charge in [0.15, 0.2) is 5.82 Å². The van der Waals surface area contributed by atoms with Crippen molar-refractivity contribution in [3.63, 3.8) is 0 Å². The molecule has 2 aromatic heterocycles. The van der Waals surface area contributed by atoms with Gasteiger partial charge in [-0.05, 0) is 24.6 Å². The summed E-state index contributed by atoms with van der Waals surface area (Å²) in [5.41, 5.74) is 8.21. The fraction of sp³-hybridized carbons (Fsp3) is 0.350. The maximum absolute atomic E-state index is 6.07. The number of hydrogen-bond acceptors (Lipinski definition) is 6. The van der Waals surface area contributed by atoms with Gasteiger partial charge < -0.3 is 15.5 Å². The Labute approximate surface area is 152 Å². The van der Waals surface area contributed by atoms with E-state index < -0.39 is 0 Å². The predicted molar refractivity (Wildman–Crippen MR) is 104 cm³/mol. The molecule has 2 aliphatic rings. The molecular weight excluding hydrogens is 324 g/mol. The molecule has 2 aliphatic heterocycles. The van der Waals surface area contributed by atoms with Crippen LogP contribution in [0.1, 0.15) is 18.0 Å². The summed E-state index contributed by atoms with van der Waals surface area (Å²) in [7, 11) is 0. The van der Waals surface area contributed by atoms with Crippen molar-refractivity contribution in [1.82, 2.24) is 15.0 Å². The molecule has 0 saturated carbocycles. The minimum atomic E-state index is 0.240. The molecule has 1 atom stereocenters. The van der Waals surface area contributed by atoms with E-state index in [1.807, 2.05) is 12.1 Å². The molecule has 1 aromatic carbocycles. The van der Waals surface area contributed by atoms with Crippen LogP contribution >= 0.6 is 0 Å². The number of para-hydroxylation sites is 1. The number of anilines is 2. The highest BCUT2D eigenvalue weighted by Crippen LogP contribution is 2.34. The quantitative estimate of drug-likeness (QED) is 0.784. The fourth-order valence-corrected chi connectivity index (χ4v) is 3.92. The van der Waals surface area contributed by atoms with Crippen LogP contribution in [-0.2, 0) is 0 Å². The first kappa shape index (κ1) is 15.5. The van der Waals surface area contributed by atoms with Gasteiger partial charge in [-0.1, -0.05) is 18.2 Å². The maximum Gasteiger partial charge on any atom is 0.150 e. The third-order valence-electron chi connectivity index (χ3n) is 5.41. The molecule has 0 aliphatic carbocycles. The number of fused-ring (bicyclic) bond motifs is 1. The predicted octanol–water partition coefficient (Wildman–Crippen LogP) is 2.17. The van der Waals surface area contributed by atoms with Crippen LogP contribution in [0.15, 0.2) is 48.8 Å². The fourth-order valence-electron chi connectivity index (χ4n) is 3.92. The average molecular weight is 346 g/mol. The largest absolute Gasteiger partial charge is 0.355 e. The standard InChI is InChI=1S/C20H22N6/c21-16-7-10-25(13-16)20-19(22-8-9-23-20)15-11-26(12-15)18-6-5-14-3-1-2-4-17(14)24-18/h1-6,8-9,15-16H,7,10-13,21H2/t16-/m1/s1. The van der Waals surface area contributed by atoms with Gasteiger partial charge in [0.25, 0.3) is 0 Å². The number of nitrogens with zero attached hydrogens (tertiary/aromatic N) is 5. The van der Waals surface area contributed by atoms with Gasteiger partial charge in [0.2, 0.25) is 0 Å². The highest BCUT2D eigenvalue weighted by molar-refractivity contribution is 5.80. The zero-order valence-corrected chi connectivity index (χ0v) is 14.6. The molecule has 5 rings (SSSR count). The normalized spacial score (nSPS) is 20.6. The molecule has 0 spiro atoms. The topological polar surface area (TPSA) is 71.2 Å². The molecule has 2 saturated heterocycles. The van der Waals surface area contributed by atoms with Gasteiger partial charge in [-0.3, -0.25) is 4.98 Å². The van der Waals surface area contributed by atoms with Gasteiger partial charge in [0, 0.05) is 55.9 Å². The van der Waals surface area contributed by atoms with E-state index in [-0.39, 0.29) is 6.04 Å². The van der Waals surface area contributed by atoms with Crippen molar-refractivity contribution in [2.24, 2.45) is 5.73 Å². The Kier molecular flexibility index (Phi) is 3.71. The number of hydrogen-bond donors (Lipinski definition) is 1. The molecule has 0 bridgehead atoms. The molecule has 2 N–H and O–H groups in total. The molecule has 6 heteroatoms. The van der Waals surface area contributed by atoms with E-state index >= 15 is 0 Å². The third kappa shape index (κ3) is 2.66. The lowest BCUT2D eigenvalue weighted by Crippen LogP contribution is -2.46. The van der Waals surface area contributed by atoms with E-state index in [9.17, 15) is 0 Å². The molecule has 132 valence electrons. The summed E-state index contributed by atoms with van der Waals surface area (Å²) in [6.45, 7) is 3.69. The van der Waals surface area contributed by atoms with Crippen LogP contribution in [0, 0.1) is 0 Å². The minimum Gasteiger partial charge on any atom is -0.355 e. The first-order valence-electron chi connectivity index (χ1n) is 9.20. The van der Waals surface area contributed by atoms with E-state index in [2.05, 4.69) is 44.0 Å². The Bertz CT molecular complexity index is 936. The van der Waals surface area contributed by atoms with E-state index in [1.54, 1.807) is 12.4 Å². The van der Waals surface area contributed by atoms with Crippen LogP contribution in [0.4, 0.5) is 11.6 Å². The van der Waals surface area contributed by atoms with Gasteiger partial charge in [-0.15, -0.1) is 0 Å². The summed E-state index contributed by atoms with van der Waals surface area (Å²) in [4.78, 5) is 18.7. The van der Waals surface area contributed by atoms with Crippen molar-refractivity contribution in [3.05, 3.63) is 54.5 Å². The highest BCUT2D eigenvalue weighted by atomic mass is 15.3. The number of nitrogens with two attached hydrogens (primary N) is 1. The van der Waals surface area contributed by atoms with Crippen LogP contribution in [0.5, 0.6) is 0 Å². The van der Waals surface area contributed by atoms with Gasteiger partial charge in [0.05, 0.1) is 11.2 Å². The summed E-state index contributed by atoms with van der Waals surface area (Å²) in [6.07, 6.45) is 4.60.